The van der Waals surface area contributed by atoms with Crippen molar-refractivity contribution in [3.8, 4) is 0 Å². The number of thiol groups is 2. The maximum absolute atomic E-state index is 11.4. The fourth-order valence-corrected chi connectivity index (χ4v) is 1.85. The first-order valence-electron chi connectivity index (χ1n) is 4.52. The van der Waals surface area contributed by atoms with E-state index in [2.05, 4.69) is 30.6 Å². The number of carbonyl (C=O) groups is 2. The number of likely N-dealkylation sites (N-methyl/N-ethyl adjacent to an activating group) is 1. The molecular weight excluding hydrogens is 234 g/mol. The van der Waals surface area contributed by atoms with Gasteiger partial charge in [0.2, 0.25) is 11.8 Å². The number of primary amides is 1. The van der Waals surface area contributed by atoms with Gasteiger partial charge in [-0.15, -0.1) is 0 Å². The number of rotatable bonds is 7. The number of nitrogens with two attached hydrogens (primary N) is 1. The molecular formula is C8H17N3O2S2. The van der Waals surface area contributed by atoms with Crippen molar-refractivity contribution in [2.24, 2.45) is 5.73 Å². The average Bonchev–Trinajstić information content (AvgIpc) is 2.22. The molecule has 0 rings (SSSR count). The third kappa shape index (κ3) is 5.29. The summed E-state index contributed by atoms with van der Waals surface area (Å²) in [6.45, 7) is 0.414. The molecule has 0 aliphatic heterocycles. The quantitative estimate of drug-likeness (QED) is 0.350. The van der Waals surface area contributed by atoms with Gasteiger partial charge < -0.3 is 11.1 Å². The average molecular weight is 251 g/mol. The van der Waals surface area contributed by atoms with E-state index in [1.165, 1.54) is 0 Å². The van der Waals surface area contributed by atoms with Gasteiger partial charge in [-0.25, -0.2) is 0 Å². The molecule has 88 valence electrons. The van der Waals surface area contributed by atoms with Crippen molar-refractivity contribution in [3.05, 3.63) is 0 Å². The summed E-state index contributed by atoms with van der Waals surface area (Å²) in [6.07, 6.45) is 0.210. The van der Waals surface area contributed by atoms with Crippen molar-refractivity contribution in [1.29, 1.82) is 0 Å². The van der Waals surface area contributed by atoms with E-state index in [1.807, 2.05) is 0 Å². The number of hydrogen-bond acceptors (Lipinski definition) is 5. The fraction of sp³-hybridized carbons (Fsp3) is 0.750. The molecule has 1 unspecified atom stereocenters. The van der Waals surface area contributed by atoms with Gasteiger partial charge in [0.15, 0.2) is 0 Å². The Hall–Kier alpha value is -0.400. The van der Waals surface area contributed by atoms with Crippen LogP contribution in [-0.2, 0) is 9.59 Å². The first-order chi connectivity index (χ1) is 7.06. The van der Waals surface area contributed by atoms with Gasteiger partial charge in [0.05, 0.1) is 6.04 Å². The lowest BCUT2D eigenvalue weighted by Crippen LogP contribution is -2.47. The van der Waals surface area contributed by atoms with Crippen molar-refractivity contribution in [2.75, 3.05) is 25.2 Å². The summed E-state index contributed by atoms with van der Waals surface area (Å²) in [7, 11) is 1.56. The number of nitrogens with zero attached hydrogens (tertiary/aromatic N) is 1. The molecule has 0 saturated carbocycles. The number of nitrogens with one attached hydrogen (secondary N) is 1. The largest absolute Gasteiger partial charge is 0.370 e. The highest BCUT2D eigenvalue weighted by molar-refractivity contribution is 7.80. The maximum Gasteiger partial charge on any atom is 0.237 e. The predicted molar refractivity (Wildman–Crippen MR) is 66.1 cm³/mol. The molecule has 0 aromatic heterocycles. The van der Waals surface area contributed by atoms with Crippen LogP contribution < -0.4 is 11.1 Å². The van der Waals surface area contributed by atoms with Gasteiger partial charge in [-0.2, -0.15) is 25.3 Å². The third-order valence-corrected chi connectivity index (χ3v) is 2.70. The smallest absolute Gasteiger partial charge is 0.237 e. The van der Waals surface area contributed by atoms with Gasteiger partial charge in [-0.05, 0) is 0 Å². The Labute approximate surface area is 101 Å². The standard InChI is InChI=1S/C8H17N3O2S2/c1-10-8(13)6(4-14)11(5-15)3-2-7(9)12/h6,14-15H,2-5H2,1H3,(H2,9,12)(H,10,13). The van der Waals surface area contributed by atoms with Gasteiger partial charge in [0.25, 0.3) is 0 Å². The van der Waals surface area contributed by atoms with Gasteiger partial charge >= 0.3 is 0 Å². The van der Waals surface area contributed by atoms with Crippen molar-refractivity contribution in [3.63, 3.8) is 0 Å². The molecule has 0 aromatic rings. The SMILES string of the molecule is CNC(=O)C(CS)N(CS)CCC(N)=O. The van der Waals surface area contributed by atoms with E-state index in [9.17, 15) is 9.59 Å². The molecule has 1 atom stereocenters. The van der Waals surface area contributed by atoms with Crippen LogP contribution in [0.25, 0.3) is 0 Å². The molecule has 3 N–H and O–H groups in total. The third-order valence-electron chi connectivity index (χ3n) is 1.99. The van der Waals surface area contributed by atoms with Gasteiger partial charge in [-0.1, -0.05) is 0 Å². The molecule has 0 spiro atoms. The Morgan fingerprint density at radius 1 is 1.47 bits per heavy atom. The molecule has 0 saturated heterocycles. The Kier molecular flexibility index (Phi) is 7.63. The van der Waals surface area contributed by atoms with E-state index in [4.69, 9.17) is 5.73 Å². The molecule has 7 heteroatoms. The second kappa shape index (κ2) is 7.84. The summed E-state index contributed by atoms with van der Waals surface area (Å²) in [5.41, 5.74) is 5.04. The molecule has 0 fully saturated rings. The van der Waals surface area contributed by atoms with Crippen LogP contribution in [0.3, 0.4) is 0 Å². The number of carbonyl (C=O) groups excluding carboxylic acids is 2. The second-order valence-electron chi connectivity index (χ2n) is 2.98. The lowest BCUT2D eigenvalue weighted by atomic mass is 10.2. The zero-order valence-electron chi connectivity index (χ0n) is 8.64. The molecule has 0 radical (unpaired) electrons. The Morgan fingerprint density at radius 2 is 2.07 bits per heavy atom. The summed E-state index contributed by atoms with van der Waals surface area (Å²) >= 11 is 8.20. The Balaban J connectivity index is 4.33. The van der Waals surface area contributed by atoms with Crippen LogP contribution in [-0.4, -0.2) is 48.0 Å². The molecule has 0 aliphatic carbocycles. The van der Waals surface area contributed by atoms with E-state index in [1.54, 1.807) is 11.9 Å². The zero-order chi connectivity index (χ0) is 11.8. The summed E-state index contributed by atoms with van der Waals surface area (Å²) in [5, 5.41) is 2.54. The first kappa shape index (κ1) is 14.6. The van der Waals surface area contributed by atoms with Crippen LogP contribution in [0.2, 0.25) is 0 Å². The van der Waals surface area contributed by atoms with Crippen molar-refractivity contribution in [1.82, 2.24) is 10.2 Å². The molecule has 2 amide bonds. The van der Waals surface area contributed by atoms with E-state index in [0.717, 1.165) is 0 Å². The van der Waals surface area contributed by atoms with E-state index < -0.39 is 5.91 Å². The van der Waals surface area contributed by atoms with Crippen molar-refractivity contribution in [2.45, 2.75) is 12.5 Å². The molecule has 0 heterocycles. The van der Waals surface area contributed by atoms with Crippen molar-refractivity contribution < 1.29 is 9.59 Å². The molecule has 15 heavy (non-hydrogen) atoms. The Morgan fingerprint density at radius 3 is 2.40 bits per heavy atom. The number of amides is 2. The first-order valence-corrected chi connectivity index (χ1v) is 5.79. The summed E-state index contributed by atoms with van der Waals surface area (Å²) in [5.74, 6) is 0.227. The zero-order valence-corrected chi connectivity index (χ0v) is 10.4. The van der Waals surface area contributed by atoms with E-state index in [0.29, 0.717) is 18.2 Å². The topological polar surface area (TPSA) is 75.4 Å². The van der Waals surface area contributed by atoms with Crippen LogP contribution in [0.4, 0.5) is 0 Å². The highest BCUT2D eigenvalue weighted by Gasteiger charge is 2.22. The minimum atomic E-state index is -0.392. The van der Waals surface area contributed by atoms with Gasteiger partial charge in [-0.3, -0.25) is 14.5 Å². The highest BCUT2D eigenvalue weighted by atomic mass is 32.1. The lowest BCUT2D eigenvalue weighted by molar-refractivity contribution is -0.125. The van der Waals surface area contributed by atoms with Gasteiger partial charge in [0.1, 0.15) is 0 Å². The highest BCUT2D eigenvalue weighted by Crippen LogP contribution is 2.04. The van der Waals surface area contributed by atoms with Crippen molar-refractivity contribution >= 4 is 37.1 Å². The van der Waals surface area contributed by atoms with Crippen LogP contribution in [0.5, 0.6) is 0 Å². The summed E-state index contributed by atoms with van der Waals surface area (Å²) in [4.78, 5) is 23.8. The van der Waals surface area contributed by atoms with Crippen LogP contribution in [0.1, 0.15) is 6.42 Å². The maximum atomic E-state index is 11.4. The normalized spacial score (nSPS) is 12.5. The number of hydrogen-bond donors (Lipinski definition) is 4. The minimum Gasteiger partial charge on any atom is -0.370 e. The predicted octanol–water partition coefficient (Wildman–Crippen LogP) is -0.904. The minimum absolute atomic E-state index is 0.136. The van der Waals surface area contributed by atoms with E-state index in [-0.39, 0.29) is 18.4 Å². The molecule has 0 bridgehead atoms. The summed E-state index contributed by atoms with van der Waals surface area (Å²) < 4.78 is 0. The molecule has 0 aliphatic rings. The second-order valence-corrected chi connectivity index (χ2v) is 3.63. The van der Waals surface area contributed by atoms with Gasteiger partial charge in [0, 0.05) is 31.6 Å². The Bertz CT molecular complexity index is 226. The van der Waals surface area contributed by atoms with Crippen LogP contribution in [0, 0.1) is 0 Å². The van der Waals surface area contributed by atoms with E-state index >= 15 is 0 Å². The molecule has 0 aromatic carbocycles. The fourth-order valence-electron chi connectivity index (χ4n) is 1.11. The molecule has 5 nitrogen and oxygen atoms in total. The van der Waals surface area contributed by atoms with Crippen LogP contribution >= 0.6 is 25.3 Å². The summed E-state index contributed by atoms with van der Waals surface area (Å²) in [6, 6.07) is -0.379. The lowest BCUT2D eigenvalue weighted by Gasteiger charge is -2.27. The van der Waals surface area contributed by atoms with Crippen LogP contribution in [0.15, 0.2) is 0 Å². The monoisotopic (exact) mass is 251 g/mol.